The number of unbranched alkanes of at least 4 members (excludes halogenated alkanes) is 9. The Balaban J connectivity index is 1.30. The van der Waals surface area contributed by atoms with Crippen molar-refractivity contribution in [2.75, 3.05) is 6.61 Å². The normalized spacial score (nSPS) is 17.0. The van der Waals surface area contributed by atoms with Gasteiger partial charge in [0.2, 0.25) is 0 Å². The van der Waals surface area contributed by atoms with Crippen LogP contribution >= 0.6 is 0 Å². The van der Waals surface area contributed by atoms with Crippen molar-refractivity contribution in [3.05, 3.63) is 59.4 Å². The fourth-order valence-corrected chi connectivity index (χ4v) is 6.15. The van der Waals surface area contributed by atoms with Crippen LogP contribution < -0.4 is 9.47 Å². The van der Waals surface area contributed by atoms with Crippen LogP contribution in [-0.4, -0.2) is 12.6 Å². The van der Waals surface area contributed by atoms with Crippen molar-refractivity contribution in [1.29, 1.82) is 0 Å². The molecule has 2 aromatic rings. The SMILES string of the molecule is CCCCCCCCCCc1ccc(OC(=O)c2ccc(OCCCC3CCC(CCCCC)CC3)cc2)cc1F. The number of hydrogen-bond donors (Lipinski definition) is 0. The maximum Gasteiger partial charge on any atom is 0.343 e. The fraction of sp³-hybridized carbons (Fsp3) is 0.649. The van der Waals surface area contributed by atoms with Gasteiger partial charge in [-0.2, -0.15) is 0 Å². The summed E-state index contributed by atoms with van der Waals surface area (Å²) in [4.78, 5) is 12.6. The van der Waals surface area contributed by atoms with Crippen molar-refractivity contribution >= 4 is 5.97 Å². The Labute approximate surface area is 249 Å². The molecule has 1 saturated carbocycles. The fourth-order valence-electron chi connectivity index (χ4n) is 6.15. The molecule has 0 unspecified atom stereocenters. The number of carbonyl (C=O) groups is 1. The molecule has 0 saturated heterocycles. The molecule has 0 spiro atoms. The first-order valence-electron chi connectivity index (χ1n) is 16.8. The second-order valence-electron chi connectivity index (χ2n) is 12.3. The molecule has 0 aromatic heterocycles. The van der Waals surface area contributed by atoms with Crippen LogP contribution in [0.2, 0.25) is 0 Å². The summed E-state index contributed by atoms with van der Waals surface area (Å²) in [5, 5.41) is 0. The molecular formula is C37H55FO3. The van der Waals surface area contributed by atoms with Gasteiger partial charge in [-0.1, -0.05) is 116 Å². The lowest BCUT2D eigenvalue weighted by Gasteiger charge is -2.28. The van der Waals surface area contributed by atoms with Crippen molar-refractivity contribution in [2.24, 2.45) is 11.8 Å². The average molecular weight is 567 g/mol. The summed E-state index contributed by atoms with van der Waals surface area (Å²) in [6.07, 6.45) is 23.9. The molecule has 1 fully saturated rings. The van der Waals surface area contributed by atoms with Gasteiger partial charge in [-0.15, -0.1) is 0 Å². The molecule has 0 bridgehead atoms. The highest BCUT2D eigenvalue weighted by Gasteiger charge is 2.20. The van der Waals surface area contributed by atoms with Gasteiger partial charge in [0.05, 0.1) is 12.2 Å². The zero-order valence-electron chi connectivity index (χ0n) is 25.9. The van der Waals surface area contributed by atoms with Crippen molar-refractivity contribution < 1.29 is 18.7 Å². The van der Waals surface area contributed by atoms with Crippen molar-refractivity contribution in [2.45, 2.75) is 136 Å². The minimum atomic E-state index is -0.489. The summed E-state index contributed by atoms with van der Waals surface area (Å²) in [6, 6.07) is 11.8. The van der Waals surface area contributed by atoms with E-state index in [9.17, 15) is 9.18 Å². The van der Waals surface area contributed by atoms with E-state index < -0.39 is 5.97 Å². The highest BCUT2D eigenvalue weighted by molar-refractivity contribution is 5.91. The summed E-state index contributed by atoms with van der Waals surface area (Å²) >= 11 is 0. The number of halogens is 1. The van der Waals surface area contributed by atoms with Crippen LogP contribution in [0.1, 0.15) is 145 Å². The lowest BCUT2D eigenvalue weighted by molar-refractivity contribution is 0.0734. The summed E-state index contributed by atoms with van der Waals surface area (Å²) in [5.41, 5.74) is 1.11. The van der Waals surface area contributed by atoms with E-state index >= 15 is 0 Å². The highest BCUT2D eigenvalue weighted by Crippen LogP contribution is 2.34. The van der Waals surface area contributed by atoms with E-state index in [0.29, 0.717) is 17.7 Å². The van der Waals surface area contributed by atoms with Crippen LogP contribution in [0.15, 0.2) is 42.5 Å². The third-order valence-corrected chi connectivity index (χ3v) is 8.83. The Hall–Kier alpha value is -2.36. The van der Waals surface area contributed by atoms with Gasteiger partial charge in [0.25, 0.3) is 0 Å². The number of ether oxygens (including phenoxy) is 2. The summed E-state index contributed by atoms with van der Waals surface area (Å²) in [5.74, 6) is 2.02. The standard InChI is InChI=1S/C37H55FO3/c1-3-5-7-8-9-10-11-13-17-32-22-27-35(29-36(32)38)41-37(39)33-23-25-34(26-24-33)40-28-14-16-31-20-18-30(19-21-31)15-12-6-4-2/h22-27,29-31H,3-21,28H2,1-2H3. The largest absolute Gasteiger partial charge is 0.494 e. The van der Waals surface area contributed by atoms with E-state index in [-0.39, 0.29) is 11.6 Å². The number of rotatable bonds is 20. The quantitative estimate of drug-likeness (QED) is 0.0908. The van der Waals surface area contributed by atoms with Crippen LogP contribution in [0.25, 0.3) is 0 Å². The van der Waals surface area contributed by atoms with E-state index in [1.165, 1.54) is 102 Å². The molecule has 0 aliphatic heterocycles. The van der Waals surface area contributed by atoms with Gasteiger partial charge >= 0.3 is 5.97 Å². The van der Waals surface area contributed by atoms with Gasteiger partial charge in [-0.3, -0.25) is 0 Å². The lowest BCUT2D eigenvalue weighted by atomic mass is 9.78. The molecule has 0 heterocycles. The van der Waals surface area contributed by atoms with Gasteiger partial charge in [-0.25, -0.2) is 9.18 Å². The van der Waals surface area contributed by atoms with Gasteiger partial charge in [0.1, 0.15) is 17.3 Å². The third-order valence-electron chi connectivity index (χ3n) is 8.83. The minimum absolute atomic E-state index is 0.238. The summed E-state index contributed by atoms with van der Waals surface area (Å²) in [6.45, 7) is 5.21. The van der Waals surface area contributed by atoms with Gasteiger partial charge in [0.15, 0.2) is 0 Å². The van der Waals surface area contributed by atoms with Crippen LogP contribution in [0.4, 0.5) is 4.39 Å². The maximum atomic E-state index is 14.6. The zero-order chi connectivity index (χ0) is 29.1. The number of benzene rings is 2. The Morgan fingerprint density at radius 1 is 0.707 bits per heavy atom. The van der Waals surface area contributed by atoms with E-state index in [1.807, 2.05) is 12.1 Å². The highest BCUT2D eigenvalue weighted by atomic mass is 19.1. The topological polar surface area (TPSA) is 35.5 Å². The van der Waals surface area contributed by atoms with Gasteiger partial charge in [0, 0.05) is 6.07 Å². The van der Waals surface area contributed by atoms with E-state index in [1.54, 1.807) is 24.3 Å². The maximum absolute atomic E-state index is 14.6. The molecule has 0 N–H and O–H groups in total. The van der Waals surface area contributed by atoms with Gasteiger partial charge < -0.3 is 9.47 Å². The Bertz CT molecular complexity index is 978. The second kappa shape index (κ2) is 19.7. The lowest BCUT2D eigenvalue weighted by Crippen LogP contribution is -2.15. The molecule has 0 amide bonds. The molecule has 228 valence electrons. The van der Waals surface area contributed by atoms with Gasteiger partial charge in [-0.05, 0) is 73.4 Å². The predicted molar refractivity (Wildman–Crippen MR) is 168 cm³/mol. The Morgan fingerprint density at radius 2 is 1.27 bits per heavy atom. The molecule has 3 rings (SSSR count). The summed E-state index contributed by atoms with van der Waals surface area (Å²) in [7, 11) is 0. The first kappa shape index (κ1) is 33.1. The molecule has 1 aliphatic rings. The van der Waals surface area contributed by atoms with E-state index in [4.69, 9.17) is 9.47 Å². The Kier molecular flexibility index (Phi) is 15.9. The van der Waals surface area contributed by atoms with Crippen LogP contribution in [-0.2, 0) is 6.42 Å². The monoisotopic (exact) mass is 566 g/mol. The van der Waals surface area contributed by atoms with E-state index in [0.717, 1.165) is 43.3 Å². The molecule has 0 atom stereocenters. The molecule has 2 aromatic carbocycles. The average Bonchev–Trinajstić information content (AvgIpc) is 2.99. The minimum Gasteiger partial charge on any atom is -0.494 e. The first-order chi connectivity index (χ1) is 20.1. The number of aryl methyl sites for hydroxylation is 1. The molecule has 3 nitrogen and oxygen atoms in total. The van der Waals surface area contributed by atoms with Crippen LogP contribution in [0.5, 0.6) is 11.5 Å². The third kappa shape index (κ3) is 13.0. The summed E-state index contributed by atoms with van der Waals surface area (Å²) < 4.78 is 26.0. The molecule has 41 heavy (non-hydrogen) atoms. The molecule has 1 aliphatic carbocycles. The van der Waals surface area contributed by atoms with Crippen molar-refractivity contribution in [3.8, 4) is 11.5 Å². The van der Waals surface area contributed by atoms with E-state index in [2.05, 4.69) is 13.8 Å². The second-order valence-corrected chi connectivity index (χ2v) is 12.3. The number of hydrogen-bond acceptors (Lipinski definition) is 3. The molecule has 4 heteroatoms. The molecular weight excluding hydrogens is 511 g/mol. The van der Waals surface area contributed by atoms with Crippen molar-refractivity contribution in [1.82, 2.24) is 0 Å². The van der Waals surface area contributed by atoms with Crippen LogP contribution in [0, 0.1) is 17.7 Å². The first-order valence-corrected chi connectivity index (χ1v) is 16.8. The smallest absolute Gasteiger partial charge is 0.343 e. The molecule has 0 radical (unpaired) electrons. The van der Waals surface area contributed by atoms with Crippen LogP contribution in [0.3, 0.4) is 0 Å². The number of esters is 1. The Morgan fingerprint density at radius 3 is 1.90 bits per heavy atom. The number of carbonyl (C=O) groups excluding carboxylic acids is 1. The van der Waals surface area contributed by atoms with Crippen molar-refractivity contribution in [3.63, 3.8) is 0 Å². The zero-order valence-corrected chi connectivity index (χ0v) is 25.9. The predicted octanol–water partition coefficient (Wildman–Crippen LogP) is 11.3.